The standard InChI is InChI=1S/C11H15N3O3/c12-7-3-1-6(2-4-7)10(16)11(17)8(13)5-9(14)15/h1-4,8,10,16H,5,12-13H2,(H2,14,15). The van der Waals surface area contributed by atoms with Crippen molar-refractivity contribution in [2.45, 2.75) is 18.6 Å². The summed E-state index contributed by atoms with van der Waals surface area (Å²) in [7, 11) is 0. The molecule has 0 spiro atoms. The predicted molar refractivity (Wildman–Crippen MR) is 62.6 cm³/mol. The number of benzene rings is 1. The first-order valence-corrected chi connectivity index (χ1v) is 5.03. The maximum absolute atomic E-state index is 11.6. The van der Waals surface area contributed by atoms with Crippen molar-refractivity contribution in [2.75, 3.05) is 5.73 Å². The summed E-state index contributed by atoms with van der Waals surface area (Å²) in [4.78, 5) is 22.3. The SMILES string of the molecule is NC(=O)CC(N)C(=O)C(O)c1ccc(N)cc1. The first kappa shape index (κ1) is 13.1. The molecule has 1 aromatic carbocycles. The molecule has 1 rings (SSSR count). The Kier molecular flexibility index (Phi) is 4.19. The van der Waals surface area contributed by atoms with Crippen molar-refractivity contribution in [3.63, 3.8) is 0 Å². The fourth-order valence-corrected chi connectivity index (χ4v) is 1.36. The number of nitrogen functional groups attached to an aromatic ring is 1. The van der Waals surface area contributed by atoms with Crippen LogP contribution in [0.5, 0.6) is 0 Å². The van der Waals surface area contributed by atoms with Gasteiger partial charge < -0.3 is 22.3 Å². The van der Waals surface area contributed by atoms with Crippen LogP contribution < -0.4 is 17.2 Å². The molecule has 1 aromatic rings. The van der Waals surface area contributed by atoms with E-state index in [1.807, 2.05) is 0 Å². The van der Waals surface area contributed by atoms with Crippen LogP contribution in [0.3, 0.4) is 0 Å². The number of carbonyl (C=O) groups is 2. The van der Waals surface area contributed by atoms with E-state index in [-0.39, 0.29) is 6.42 Å². The van der Waals surface area contributed by atoms with Gasteiger partial charge in [-0.05, 0) is 17.7 Å². The molecule has 0 aliphatic rings. The smallest absolute Gasteiger partial charge is 0.219 e. The number of hydrogen-bond donors (Lipinski definition) is 4. The van der Waals surface area contributed by atoms with Crippen molar-refractivity contribution in [1.29, 1.82) is 0 Å². The number of primary amides is 1. The minimum atomic E-state index is -1.37. The van der Waals surface area contributed by atoms with Crippen LogP contribution in [0.15, 0.2) is 24.3 Å². The average Bonchev–Trinajstić information content (AvgIpc) is 2.27. The fourth-order valence-electron chi connectivity index (χ4n) is 1.36. The van der Waals surface area contributed by atoms with Crippen LogP contribution in [0.2, 0.25) is 0 Å². The fraction of sp³-hybridized carbons (Fsp3) is 0.273. The van der Waals surface area contributed by atoms with Gasteiger partial charge in [0.25, 0.3) is 0 Å². The number of ketones is 1. The summed E-state index contributed by atoms with van der Waals surface area (Å²) in [5, 5.41) is 9.74. The molecule has 6 heteroatoms. The van der Waals surface area contributed by atoms with Gasteiger partial charge in [0.05, 0.1) is 6.04 Å². The van der Waals surface area contributed by atoms with Crippen molar-refractivity contribution in [3.05, 3.63) is 29.8 Å². The van der Waals surface area contributed by atoms with Gasteiger partial charge in [-0.1, -0.05) is 12.1 Å². The van der Waals surface area contributed by atoms with Gasteiger partial charge in [-0.3, -0.25) is 9.59 Å². The lowest BCUT2D eigenvalue weighted by Gasteiger charge is -2.14. The number of anilines is 1. The highest BCUT2D eigenvalue weighted by molar-refractivity contribution is 5.92. The first-order valence-electron chi connectivity index (χ1n) is 5.03. The molecule has 0 saturated heterocycles. The van der Waals surface area contributed by atoms with E-state index >= 15 is 0 Å². The molecule has 0 heterocycles. The van der Waals surface area contributed by atoms with E-state index in [2.05, 4.69) is 0 Å². The van der Waals surface area contributed by atoms with Gasteiger partial charge in [0.2, 0.25) is 5.91 Å². The van der Waals surface area contributed by atoms with Gasteiger partial charge in [0, 0.05) is 12.1 Å². The zero-order valence-corrected chi connectivity index (χ0v) is 9.17. The molecule has 0 aliphatic heterocycles. The zero-order valence-electron chi connectivity index (χ0n) is 9.17. The Morgan fingerprint density at radius 1 is 1.24 bits per heavy atom. The van der Waals surface area contributed by atoms with Crippen molar-refractivity contribution in [2.24, 2.45) is 11.5 Å². The third kappa shape index (κ3) is 3.54. The van der Waals surface area contributed by atoms with E-state index in [1.54, 1.807) is 12.1 Å². The van der Waals surface area contributed by atoms with Gasteiger partial charge in [-0.25, -0.2) is 0 Å². The maximum Gasteiger partial charge on any atom is 0.219 e. The second-order valence-electron chi connectivity index (χ2n) is 3.75. The van der Waals surface area contributed by atoms with Crippen LogP contribution in [0.4, 0.5) is 5.69 Å². The van der Waals surface area contributed by atoms with Crippen molar-refractivity contribution in [1.82, 2.24) is 0 Å². The average molecular weight is 237 g/mol. The Morgan fingerprint density at radius 3 is 2.24 bits per heavy atom. The Bertz CT molecular complexity index is 416. The number of hydrogen-bond acceptors (Lipinski definition) is 5. The molecule has 0 saturated carbocycles. The molecule has 92 valence electrons. The van der Waals surface area contributed by atoms with Gasteiger partial charge in [-0.15, -0.1) is 0 Å². The molecule has 6 nitrogen and oxygen atoms in total. The molecular formula is C11H15N3O3. The Hall–Kier alpha value is -1.92. The molecule has 2 atom stereocenters. The van der Waals surface area contributed by atoms with Crippen LogP contribution in [-0.2, 0) is 9.59 Å². The van der Waals surface area contributed by atoms with Crippen LogP contribution in [0.1, 0.15) is 18.1 Å². The van der Waals surface area contributed by atoms with Crippen molar-refractivity contribution < 1.29 is 14.7 Å². The summed E-state index contributed by atoms with van der Waals surface area (Å²) in [6.07, 6.45) is -1.66. The number of amides is 1. The molecule has 0 radical (unpaired) electrons. The van der Waals surface area contributed by atoms with Crippen LogP contribution in [0, 0.1) is 0 Å². The summed E-state index contributed by atoms with van der Waals surface area (Å²) >= 11 is 0. The van der Waals surface area contributed by atoms with E-state index in [0.717, 1.165) is 0 Å². The quantitative estimate of drug-likeness (QED) is 0.491. The van der Waals surface area contributed by atoms with E-state index < -0.39 is 23.8 Å². The Labute approximate surface area is 98.4 Å². The second-order valence-corrected chi connectivity index (χ2v) is 3.75. The molecule has 1 amide bonds. The van der Waals surface area contributed by atoms with E-state index in [0.29, 0.717) is 11.3 Å². The van der Waals surface area contributed by atoms with Gasteiger partial charge in [-0.2, -0.15) is 0 Å². The summed E-state index contributed by atoms with van der Waals surface area (Å²) in [5.74, 6) is -1.33. The number of Topliss-reactive ketones (excluding diaryl/α,β-unsaturated/α-hetero) is 1. The van der Waals surface area contributed by atoms with Crippen molar-refractivity contribution in [3.8, 4) is 0 Å². The minimum Gasteiger partial charge on any atom is -0.399 e. The third-order valence-electron chi connectivity index (χ3n) is 2.31. The summed E-state index contributed by atoms with van der Waals surface area (Å²) in [6, 6.07) is 5.07. The predicted octanol–water partition coefficient (Wildman–Crippen LogP) is -0.926. The molecule has 7 N–H and O–H groups in total. The second kappa shape index (κ2) is 5.42. The van der Waals surface area contributed by atoms with Crippen LogP contribution >= 0.6 is 0 Å². The number of carbonyl (C=O) groups excluding carboxylic acids is 2. The lowest BCUT2D eigenvalue weighted by molar-refractivity contribution is -0.131. The summed E-state index contributed by atoms with van der Waals surface area (Å²) in [5.41, 5.74) is 16.7. The number of aliphatic hydroxyl groups is 1. The lowest BCUT2D eigenvalue weighted by atomic mass is 9.99. The van der Waals surface area contributed by atoms with Gasteiger partial charge in [0.1, 0.15) is 6.10 Å². The van der Waals surface area contributed by atoms with E-state index in [9.17, 15) is 14.7 Å². The molecule has 17 heavy (non-hydrogen) atoms. The topological polar surface area (TPSA) is 132 Å². The lowest BCUT2D eigenvalue weighted by Crippen LogP contribution is -2.38. The third-order valence-corrected chi connectivity index (χ3v) is 2.31. The normalized spacial score (nSPS) is 14.0. The molecule has 0 aromatic heterocycles. The molecular weight excluding hydrogens is 222 g/mol. The van der Waals surface area contributed by atoms with Crippen molar-refractivity contribution >= 4 is 17.4 Å². The van der Waals surface area contributed by atoms with Gasteiger partial charge in [0.15, 0.2) is 5.78 Å². The number of rotatable bonds is 5. The zero-order chi connectivity index (χ0) is 13.0. The monoisotopic (exact) mass is 237 g/mol. The molecule has 2 unspecified atom stereocenters. The molecule has 0 bridgehead atoms. The highest BCUT2D eigenvalue weighted by Crippen LogP contribution is 2.17. The molecule has 0 fully saturated rings. The first-order chi connectivity index (χ1) is 7.91. The summed E-state index contributed by atoms with van der Waals surface area (Å²) < 4.78 is 0. The maximum atomic E-state index is 11.6. The van der Waals surface area contributed by atoms with Crippen LogP contribution in [0.25, 0.3) is 0 Å². The highest BCUT2D eigenvalue weighted by Gasteiger charge is 2.24. The number of aliphatic hydroxyl groups excluding tert-OH is 1. The summed E-state index contributed by atoms with van der Waals surface area (Å²) in [6.45, 7) is 0. The van der Waals surface area contributed by atoms with Crippen LogP contribution in [-0.4, -0.2) is 22.8 Å². The Morgan fingerprint density at radius 2 is 1.76 bits per heavy atom. The van der Waals surface area contributed by atoms with E-state index in [4.69, 9.17) is 17.2 Å². The minimum absolute atomic E-state index is 0.287. The largest absolute Gasteiger partial charge is 0.399 e. The highest BCUT2D eigenvalue weighted by atomic mass is 16.3. The number of nitrogens with two attached hydrogens (primary N) is 3. The van der Waals surface area contributed by atoms with Gasteiger partial charge >= 0.3 is 0 Å². The van der Waals surface area contributed by atoms with E-state index in [1.165, 1.54) is 12.1 Å². The molecule has 0 aliphatic carbocycles. The Balaban J connectivity index is 2.75.